The van der Waals surface area contributed by atoms with E-state index >= 15 is 0 Å². The Hall–Kier alpha value is -3.04. The second-order valence-corrected chi connectivity index (χ2v) is 9.85. The van der Waals surface area contributed by atoms with E-state index < -0.39 is 0 Å². The fraction of sp³-hybridized carbons (Fsp3) is 0.417. The van der Waals surface area contributed by atoms with Gasteiger partial charge in [-0.1, -0.05) is 12.1 Å². The summed E-state index contributed by atoms with van der Waals surface area (Å²) in [6, 6.07) is 7.96. The molecule has 4 aromatic rings. The third-order valence-corrected chi connectivity index (χ3v) is 7.84. The summed E-state index contributed by atoms with van der Waals surface area (Å²) in [7, 11) is 0. The summed E-state index contributed by atoms with van der Waals surface area (Å²) >= 11 is 1.46. The summed E-state index contributed by atoms with van der Waals surface area (Å²) < 4.78 is 2.98. The molecule has 3 aromatic heterocycles. The molecular weight excluding hydrogens is 436 g/mol. The van der Waals surface area contributed by atoms with Gasteiger partial charge in [-0.15, -0.1) is 11.3 Å². The lowest BCUT2D eigenvalue weighted by atomic mass is 10.2. The van der Waals surface area contributed by atoms with Crippen LogP contribution in [0.4, 0.5) is 5.95 Å². The van der Waals surface area contributed by atoms with E-state index in [0.717, 1.165) is 55.8 Å². The number of para-hydroxylation sites is 1. The number of amides is 1. The molecule has 1 aromatic carbocycles. The highest BCUT2D eigenvalue weighted by Gasteiger charge is 2.24. The Kier molecular flexibility index (Phi) is 5.22. The molecule has 8 nitrogen and oxygen atoms in total. The van der Waals surface area contributed by atoms with Crippen molar-refractivity contribution in [2.75, 3.05) is 44.2 Å². The minimum atomic E-state index is -0.325. The fourth-order valence-corrected chi connectivity index (χ4v) is 6.16. The number of thiazole rings is 1. The Labute approximate surface area is 194 Å². The van der Waals surface area contributed by atoms with Crippen LogP contribution in [0.3, 0.4) is 0 Å². The molecule has 33 heavy (non-hydrogen) atoms. The van der Waals surface area contributed by atoms with Crippen LogP contribution >= 0.6 is 11.3 Å². The van der Waals surface area contributed by atoms with Crippen LogP contribution < -0.4 is 15.6 Å². The van der Waals surface area contributed by atoms with Gasteiger partial charge in [0.15, 0.2) is 5.65 Å². The van der Waals surface area contributed by atoms with Gasteiger partial charge in [-0.25, -0.2) is 4.98 Å². The molecule has 6 rings (SSSR count). The second-order valence-electron chi connectivity index (χ2n) is 8.82. The lowest BCUT2D eigenvalue weighted by molar-refractivity contribution is 0.0950. The van der Waals surface area contributed by atoms with Crippen molar-refractivity contribution in [2.45, 2.75) is 25.7 Å². The number of nitrogens with one attached hydrogen (secondary N) is 1. The molecule has 0 aliphatic carbocycles. The average Bonchev–Trinajstić information content (AvgIpc) is 3.59. The Morgan fingerprint density at radius 3 is 2.64 bits per heavy atom. The number of hydrogen-bond donors (Lipinski definition) is 1. The van der Waals surface area contributed by atoms with Gasteiger partial charge in [-0.3, -0.25) is 14.0 Å². The lowest BCUT2D eigenvalue weighted by Gasteiger charge is -2.16. The largest absolute Gasteiger partial charge is 0.351 e. The first kappa shape index (κ1) is 20.6. The number of carbonyl (C=O) groups is 1. The molecule has 9 heteroatoms. The van der Waals surface area contributed by atoms with Crippen molar-refractivity contribution < 1.29 is 4.79 Å². The third kappa shape index (κ3) is 3.55. The van der Waals surface area contributed by atoms with E-state index in [1.165, 1.54) is 24.2 Å². The number of nitrogens with zero attached hydrogens (tertiary/aromatic N) is 5. The van der Waals surface area contributed by atoms with Crippen LogP contribution in [0.5, 0.6) is 0 Å². The zero-order valence-electron chi connectivity index (χ0n) is 18.4. The Balaban J connectivity index is 1.48. The summed E-state index contributed by atoms with van der Waals surface area (Å²) in [4.78, 5) is 41.3. The molecule has 1 N–H and O–H groups in total. The topological polar surface area (TPSA) is 82.8 Å². The highest BCUT2D eigenvalue weighted by Crippen LogP contribution is 2.31. The molecule has 0 atom stereocenters. The maximum atomic E-state index is 13.5. The molecule has 2 aliphatic rings. The normalized spacial score (nSPS) is 17.0. The van der Waals surface area contributed by atoms with Crippen LogP contribution in [-0.4, -0.2) is 64.4 Å². The Morgan fingerprint density at radius 1 is 1.06 bits per heavy atom. The number of benzene rings is 1. The molecule has 1 amide bonds. The van der Waals surface area contributed by atoms with Gasteiger partial charge in [-0.2, -0.15) is 4.98 Å². The van der Waals surface area contributed by atoms with Gasteiger partial charge in [-0.05, 0) is 50.9 Å². The number of carbonyl (C=O) groups excluding carboxylic acids is 1. The van der Waals surface area contributed by atoms with Gasteiger partial charge in [0.1, 0.15) is 10.4 Å². The van der Waals surface area contributed by atoms with Crippen molar-refractivity contribution >= 4 is 49.3 Å². The number of anilines is 1. The lowest BCUT2D eigenvalue weighted by Crippen LogP contribution is -2.36. The van der Waals surface area contributed by atoms with Crippen LogP contribution in [0.2, 0.25) is 0 Å². The molecule has 0 saturated carbocycles. The third-order valence-electron chi connectivity index (χ3n) is 6.70. The van der Waals surface area contributed by atoms with Crippen molar-refractivity contribution in [3.8, 4) is 0 Å². The maximum Gasteiger partial charge on any atom is 0.258 e. The van der Waals surface area contributed by atoms with E-state index in [2.05, 4.69) is 20.1 Å². The predicted octanol–water partition coefficient (Wildman–Crippen LogP) is 2.88. The highest BCUT2D eigenvalue weighted by atomic mass is 32.1. The Morgan fingerprint density at radius 2 is 1.82 bits per heavy atom. The number of hydrogen-bond acceptors (Lipinski definition) is 7. The van der Waals surface area contributed by atoms with E-state index in [9.17, 15) is 9.59 Å². The number of rotatable bonds is 5. The fourth-order valence-electron chi connectivity index (χ4n) is 4.98. The molecule has 0 bridgehead atoms. The van der Waals surface area contributed by atoms with Gasteiger partial charge in [0, 0.05) is 32.4 Å². The number of aromatic nitrogens is 3. The molecule has 170 valence electrons. The summed E-state index contributed by atoms with van der Waals surface area (Å²) in [6.45, 7) is 5.32. The van der Waals surface area contributed by atoms with E-state index in [4.69, 9.17) is 4.98 Å². The molecule has 5 heterocycles. The van der Waals surface area contributed by atoms with Crippen LogP contribution in [0, 0.1) is 0 Å². The Bertz CT molecular complexity index is 1420. The van der Waals surface area contributed by atoms with E-state index in [0.29, 0.717) is 28.4 Å². The zero-order valence-corrected chi connectivity index (χ0v) is 19.2. The van der Waals surface area contributed by atoms with E-state index in [1.54, 1.807) is 6.20 Å². The molecule has 2 aliphatic heterocycles. The van der Waals surface area contributed by atoms with Gasteiger partial charge in [0.25, 0.3) is 5.91 Å². The van der Waals surface area contributed by atoms with E-state index in [1.807, 2.05) is 28.7 Å². The summed E-state index contributed by atoms with van der Waals surface area (Å²) in [6.07, 6.45) is 6.26. The van der Waals surface area contributed by atoms with Gasteiger partial charge in [0.2, 0.25) is 11.4 Å². The monoisotopic (exact) mass is 462 g/mol. The highest BCUT2D eigenvalue weighted by molar-refractivity contribution is 7.24. The first-order valence-electron chi connectivity index (χ1n) is 11.7. The first-order chi connectivity index (χ1) is 16.2. The van der Waals surface area contributed by atoms with Gasteiger partial charge >= 0.3 is 0 Å². The quantitative estimate of drug-likeness (QED) is 0.491. The van der Waals surface area contributed by atoms with Crippen LogP contribution in [0.25, 0.3) is 26.1 Å². The first-order valence-corrected chi connectivity index (χ1v) is 12.5. The summed E-state index contributed by atoms with van der Waals surface area (Å²) in [5.41, 5.74) is 1.39. The second kappa shape index (κ2) is 8.39. The van der Waals surface area contributed by atoms with Crippen molar-refractivity contribution in [3.05, 3.63) is 46.2 Å². The smallest absolute Gasteiger partial charge is 0.258 e. The molecule has 0 radical (unpaired) electrons. The van der Waals surface area contributed by atoms with Crippen molar-refractivity contribution in [2.24, 2.45) is 0 Å². The standard InChI is InChI=1S/C24H26N6O2S/c31-20-16-15-26-24(29-12-5-6-13-29)27-21(16)30-17-7-1-2-8-18(17)33-23(30)19(20)22(32)25-9-14-28-10-3-4-11-28/h1-2,7-8,15H,3-6,9-14H2,(H,25,32). The minimum Gasteiger partial charge on any atom is -0.351 e. The average molecular weight is 463 g/mol. The molecule has 0 unspecified atom stereocenters. The van der Waals surface area contributed by atoms with Crippen molar-refractivity contribution in [1.82, 2.24) is 24.6 Å². The molecule has 2 saturated heterocycles. The summed E-state index contributed by atoms with van der Waals surface area (Å²) in [5.74, 6) is 0.320. The number of pyridine rings is 1. The van der Waals surface area contributed by atoms with Crippen LogP contribution in [0.15, 0.2) is 35.3 Å². The van der Waals surface area contributed by atoms with E-state index in [-0.39, 0.29) is 16.9 Å². The zero-order chi connectivity index (χ0) is 22.4. The number of fused-ring (bicyclic) bond motifs is 5. The van der Waals surface area contributed by atoms with Gasteiger partial charge < -0.3 is 15.1 Å². The van der Waals surface area contributed by atoms with Crippen molar-refractivity contribution in [3.63, 3.8) is 0 Å². The van der Waals surface area contributed by atoms with Crippen LogP contribution in [-0.2, 0) is 0 Å². The summed E-state index contributed by atoms with van der Waals surface area (Å²) in [5, 5.41) is 3.37. The minimum absolute atomic E-state index is 0.183. The SMILES string of the molecule is O=C(NCCN1CCCC1)c1c(=O)c2cnc(N3CCCC3)nc2n2c1sc1ccccc12. The maximum absolute atomic E-state index is 13.5. The van der Waals surface area contributed by atoms with Crippen molar-refractivity contribution in [1.29, 1.82) is 0 Å². The molecule has 2 fully saturated rings. The molecule has 0 spiro atoms. The van der Waals surface area contributed by atoms with Crippen LogP contribution in [0.1, 0.15) is 36.0 Å². The molecular formula is C24H26N6O2S. The number of likely N-dealkylation sites (tertiary alicyclic amines) is 1. The van der Waals surface area contributed by atoms with Gasteiger partial charge in [0.05, 0.1) is 15.6 Å². The predicted molar refractivity (Wildman–Crippen MR) is 132 cm³/mol.